The van der Waals surface area contributed by atoms with Crippen LogP contribution < -0.4 is 5.73 Å². The fourth-order valence-electron chi connectivity index (χ4n) is 2.45. The molecule has 3 nitrogen and oxygen atoms in total. The Labute approximate surface area is 113 Å². The molecule has 2 heterocycles. The second-order valence-corrected chi connectivity index (χ2v) is 4.86. The van der Waals surface area contributed by atoms with E-state index in [2.05, 4.69) is 17.0 Å². The molecule has 2 aromatic rings. The van der Waals surface area contributed by atoms with Crippen molar-refractivity contribution in [1.29, 1.82) is 0 Å². The highest BCUT2D eigenvalue weighted by Crippen LogP contribution is 2.21. The summed E-state index contributed by atoms with van der Waals surface area (Å²) in [5.74, 6) is 1.06. The van der Waals surface area contributed by atoms with E-state index in [4.69, 9.17) is 10.2 Å². The van der Waals surface area contributed by atoms with Gasteiger partial charge in [0.2, 0.25) is 0 Å². The minimum Gasteiger partial charge on any atom is -0.460 e. The predicted octanol–water partition coefficient (Wildman–Crippen LogP) is 2.78. The molecule has 0 radical (unpaired) electrons. The van der Waals surface area contributed by atoms with Crippen LogP contribution in [0.2, 0.25) is 0 Å². The molecule has 2 N–H and O–H groups in total. The van der Waals surface area contributed by atoms with Crippen molar-refractivity contribution < 1.29 is 4.42 Å². The van der Waals surface area contributed by atoms with Gasteiger partial charge in [-0.05, 0) is 25.0 Å². The highest BCUT2D eigenvalue weighted by molar-refractivity contribution is 5.85. The third-order valence-electron chi connectivity index (χ3n) is 3.49. The van der Waals surface area contributed by atoms with Crippen molar-refractivity contribution in [1.82, 2.24) is 4.90 Å². The summed E-state index contributed by atoms with van der Waals surface area (Å²) in [6.07, 6.45) is 2.19. The largest absolute Gasteiger partial charge is 0.460 e. The number of hydrogen-bond donors (Lipinski definition) is 1. The summed E-state index contributed by atoms with van der Waals surface area (Å²) in [4.78, 5) is 2.42. The molecule has 1 aromatic heterocycles. The summed E-state index contributed by atoms with van der Waals surface area (Å²) in [6.45, 7) is 3.07. The molecule has 0 unspecified atom stereocenters. The summed E-state index contributed by atoms with van der Waals surface area (Å²) in [6, 6.07) is 10.7. The van der Waals surface area contributed by atoms with Crippen LogP contribution >= 0.6 is 12.4 Å². The third-order valence-corrected chi connectivity index (χ3v) is 3.49. The van der Waals surface area contributed by atoms with Crippen molar-refractivity contribution in [2.24, 2.45) is 5.73 Å². The number of hydrogen-bond acceptors (Lipinski definition) is 3. The van der Waals surface area contributed by atoms with Crippen LogP contribution in [0, 0.1) is 0 Å². The van der Waals surface area contributed by atoms with Crippen molar-refractivity contribution in [3.05, 3.63) is 36.1 Å². The molecule has 0 atom stereocenters. The fourth-order valence-corrected chi connectivity index (χ4v) is 2.45. The van der Waals surface area contributed by atoms with Gasteiger partial charge in [-0.15, -0.1) is 12.4 Å². The lowest BCUT2D eigenvalue weighted by atomic mass is 10.1. The average Bonchev–Trinajstić information content (AvgIpc) is 2.74. The van der Waals surface area contributed by atoms with Crippen LogP contribution in [0.3, 0.4) is 0 Å². The number of para-hydroxylation sites is 1. The van der Waals surface area contributed by atoms with Gasteiger partial charge in [-0.3, -0.25) is 4.90 Å². The minimum absolute atomic E-state index is 0. The number of likely N-dealkylation sites (tertiary alicyclic amines) is 1. The predicted molar refractivity (Wildman–Crippen MR) is 75.9 cm³/mol. The van der Waals surface area contributed by atoms with Gasteiger partial charge in [0.05, 0.1) is 6.54 Å². The maximum atomic E-state index is 5.90. The van der Waals surface area contributed by atoms with Crippen LogP contribution in [-0.2, 0) is 6.54 Å². The van der Waals surface area contributed by atoms with Gasteiger partial charge in [0.15, 0.2) is 0 Å². The lowest BCUT2D eigenvalue weighted by molar-refractivity contribution is 0.193. The van der Waals surface area contributed by atoms with Crippen LogP contribution in [-0.4, -0.2) is 24.0 Å². The Morgan fingerprint density at radius 3 is 2.67 bits per heavy atom. The summed E-state index contributed by atoms with van der Waals surface area (Å²) in [5.41, 5.74) is 6.88. The topological polar surface area (TPSA) is 42.4 Å². The molecule has 4 heteroatoms. The Bertz CT molecular complexity index is 470. The van der Waals surface area contributed by atoms with Gasteiger partial charge in [-0.1, -0.05) is 18.2 Å². The van der Waals surface area contributed by atoms with Crippen molar-refractivity contribution in [2.75, 3.05) is 13.1 Å². The summed E-state index contributed by atoms with van der Waals surface area (Å²) < 4.78 is 5.82. The van der Waals surface area contributed by atoms with Crippen molar-refractivity contribution >= 4 is 23.4 Å². The maximum Gasteiger partial charge on any atom is 0.134 e. The lowest BCUT2D eigenvalue weighted by Gasteiger charge is -2.29. The molecule has 0 aliphatic carbocycles. The van der Waals surface area contributed by atoms with E-state index in [1.807, 2.05) is 18.2 Å². The number of fused-ring (bicyclic) bond motifs is 1. The molecule has 18 heavy (non-hydrogen) atoms. The molecule has 98 valence electrons. The second kappa shape index (κ2) is 5.74. The number of furan rings is 1. The van der Waals surface area contributed by atoms with E-state index in [1.165, 1.54) is 5.39 Å². The fraction of sp³-hybridized carbons (Fsp3) is 0.429. The quantitative estimate of drug-likeness (QED) is 0.909. The van der Waals surface area contributed by atoms with Gasteiger partial charge in [0.1, 0.15) is 11.3 Å². The Morgan fingerprint density at radius 2 is 1.94 bits per heavy atom. The SMILES string of the molecule is Cl.NC1CCN(Cc2cc3ccccc3o2)CC1. The zero-order valence-corrected chi connectivity index (χ0v) is 11.2. The average molecular weight is 267 g/mol. The first-order chi connectivity index (χ1) is 8.31. The first kappa shape index (κ1) is 13.4. The molecule has 1 aliphatic heterocycles. The Hall–Kier alpha value is -1.03. The monoisotopic (exact) mass is 266 g/mol. The molecular weight excluding hydrogens is 248 g/mol. The van der Waals surface area contributed by atoms with E-state index in [-0.39, 0.29) is 12.4 Å². The Balaban J connectivity index is 0.00000120. The molecule has 1 aromatic carbocycles. The smallest absolute Gasteiger partial charge is 0.134 e. The first-order valence-corrected chi connectivity index (χ1v) is 6.27. The van der Waals surface area contributed by atoms with Gasteiger partial charge < -0.3 is 10.2 Å². The van der Waals surface area contributed by atoms with Gasteiger partial charge in [-0.25, -0.2) is 0 Å². The third kappa shape index (κ3) is 2.86. The van der Waals surface area contributed by atoms with E-state index < -0.39 is 0 Å². The van der Waals surface area contributed by atoms with Gasteiger partial charge in [0.25, 0.3) is 0 Å². The molecule has 3 rings (SSSR count). The van der Waals surface area contributed by atoms with Gasteiger partial charge in [0, 0.05) is 24.5 Å². The minimum atomic E-state index is 0. The van der Waals surface area contributed by atoms with Crippen LogP contribution in [0.4, 0.5) is 0 Å². The number of halogens is 1. The van der Waals surface area contributed by atoms with Crippen molar-refractivity contribution in [2.45, 2.75) is 25.4 Å². The zero-order chi connectivity index (χ0) is 11.7. The molecule has 0 saturated carbocycles. The van der Waals surface area contributed by atoms with E-state index in [0.29, 0.717) is 6.04 Å². The van der Waals surface area contributed by atoms with Crippen molar-refractivity contribution in [3.8, 4) is 0 Å². The van der Waals surface area contributed by atoms with Gasteiger partial charge >= 0.3 is 0 Å². The van der Waals surface area contributed by atoms with Gasteiger partial charge in [-0.2, -0.15) is 0 Å². The lowest BCUT2D eigenvalue weighted by Crippen LogP contribution is -2.39. The zero-order valence-electron chi connectivity index (χ0n) is 10.3. The Kier molecular flexibility index (Phi) is 4.27. The molecule has 1 fully saturated rings. The molecule has 1 saturated heterocycles. The number of rotatable bonds is 2. The van der Waals surface area contributed by atoms with E-state index >= 15 is 0 Å². The number of nitrogens with two attached hydrogens (primary N) is 1. The first-order valence-electron chi connectivity index (χ1n) is 6.27. The molecular formula is C14H19ClN2O. The standard InChI is InChI=1S/C14H18N2O.ClH/c15-12-5-7-16(8-6-12)10-13-9-11-3-1-2-4-14(11)17-13;/h1-4,9,12H,5-8,10,15H2;1H. The number of benzene rings is 1. The number of piperidine rings is 1. The summed E-state index contributed by atoms with van der Waals surface area (Å²) in [7, 11) is 0. The van der Waals surface area contributed by atoms with Crippen LogP contribution in [0.5, 0.6) is 0 Å². The van der Waals surface area contributed by atoms with E-state index in [9.17, 15) is 0 Å². The number of nitrogens with zero attached hydrogens (tertiary/aromatic N) is 1. The van der Waals surface area contributed by atoms with Crippen LogP contribution in [0.15, 0.2) is 34.7 Å². The Morgan fingerprint density at radius 1 is 1.22 bits per heavy atom. The molecule has 0 bridgehead atoms. The van der Waals surface area contributed by atoms with E-state index in [1.54, 1.807) is 0 Å². The van der Waals surface area contributed by atoms with Crippen LogP contribution in [0.1, 0.15) is 18.6 Å². The molecule has 0 spiro atoms. The second-order valence-electron chi connectivity index (χ2n) is 4.86. The molecule has 1 aliphatic rings. The highest BCUT2D eigenvalue weighted by Gasteiger charge is 2.17. The molecule has 0 amide bonds. The van der Waals surface area contributed by atoms with Crippen LogP contribution in [0.25, 0.3) is 11.0 Å². The summed E-state index contributed by atoms with van der Waals surface area (Å²) in [5, 5.41) is 1.19. The van der Waals surface area contributed by atoms with E-state index in [0.717, 1.165) is 43.8 Å². The highest BCUT2D eigenvalue weighted by atomic mass is 35.5. The normalized spacial score (nSPS) is 17.8. The van der Waals surface area contributed by atoms with Crippen molar-refractivity contribution in [3.63, 3.8) is 0 Å². The summed E-state index contributed by atoms with van der Waals surface area (Å²) >= 11 is 0. The maximum absolute atomic E-state index is 5.90.